The zero-order valence-electron chi connectivity index (χ0n) is 41.2. The molecule has 10 saturated carbocycles. The second kappa shape index (κ2) is 19.3. The number of hydrogen-bond acceptors (Lipinski definition) is 5. The van der Waals surface area contributed by atoms with Crippen LogP contribution in [0.1, 0.15) is 228 Å². The van der Waals surface area contributed by atoms with Crippen LogP contribution in [-0.2, 0) is 48.1 Å². The third-order valence-electron chi connectivity index (χ3n) is 19.6. The number of hydrogen-bond donors (Lipinski definition) is 2. The maximum absolute atomic E-state index is 13.6. The monoisotopic (exact) mass is 911 g/mol. The largest absolute Gasteiger partial charge is 0.352 e. The van der Waals surface area contributed by atoms with Gasteiger partial charge >= 0.3 is 0 Å². The highest BCUT2D eigenvalue weighted by molar-refractivity contribution is 6.64. The molecule has 8 bridgehead atoms. The molecule has 8 nitrogen and oxygen atoms in total. The third kappa shape index (κ3) is 9.85. The summed E-state index contributed by atoms with van der Waals surface area (Å²) in [6, 6.07) is 2.18. The number of nitrogens with zero attached hydrogens (tertiary/aromatic N) is 4. The van der Waals surface area contributed by atoms with Crippen molar-refractivity contribution in [1.29, 1.82) is 0 Å². The van der Waals surface area contributed by atoms with Crippen molar-refractivity contribution >= 4 is 22.8 Å². The molecule has 0 aliphatic heterocycles. The fourth-order valence-electron chi connectivity index (χ4n) is 16.4. The Labute approximate surface area is 397 Å². The molecule has 0 unspecified atom stereocenters. The van der Waals surface area contributed by atoms with Gasteiger partial charge in [0, 0.05) is 47.1 Å². The molecule has 0 atom stereocenters. The summed E-state index contributed by atoms with van der Waals surface area (Å²) in [4.78, 5) is 25.3. The van der Waals surface area contributed by atoms with E-state index >= 15 is 0 Å². The first-order valence-electron chi connectivity index (χ1n) is 27.7. The van der Waals surface area contributed by atoms with E-state index in [1.807, 2.05) is 13.8 Å². The molecular formula is C56H87ClN6O2. The Balaban J connectivity index is 0.000000129. The summed E-state index contributed by atoms with van der Waals surface area (Å²) in [5.41, 5.74) is 13.5. The Morgan fingerprint density at radius 2 is 0.938 bits per heavy atom. The highest BCUT2D eigenvalue weighted by atomic mass is 35.5. The van der Waals surface area contributed by atoms with Crippen molar-refractivity contribution in [3.05, 3.63) is 33.9 Å². The van der Waals surface area contributed by atoms with Crippen molar-refractivity contribution in [3.8, 4) is 0 Å². The van der Waals surface area contributed by atoms with Crippen molar-refractivity contribution in [3.63, 3.8) is 0 Å². The van der Waals surface area contributed by atoms with Gasteiger partial charge in [0.05, 0.1) is 23.5 Å². The second-order valence-corrected chi connectivity index (χ2v) is 25.8. The lowest BCUT2D eigenvalue weighted by Crippen LogP contribution is -2.57. The quantitative estimate of drug-likeness (QED) is 0.244. The Hall–Kier alpha value is -2.19. The molecule has 14 rings (SSSR count). The minimum absolute atomic E-state index is 0.260. The molecule has 1 amide bonds. The fourth-order valence-corrected chi connectivity index (χ4v) is 16.5. The number of aromatic nitrogens is 4. The second-order valence-electron chi connectivity index (χ2n) is 25.5. The van der Waals surface area contributed by atoms with E-state index in [4.69, 9.17) is 27.5 Å². The molecule has 65 heavy (non-hydrogen) atoms. The van der Waals surface area contributed by atoms with Crippen LogP contribution in [0.4, 0.5) is 0 Å². The van der Waals surface area contributed by atoms with Crippen LogP contribution in [0.25, 0.3) is 0 Å². The van der Waals surface area contributed by atoms with Crippen LogP contribution in [0.2, 0.25) is 0 Å². The number of rotatable bonds is 9. The van der Waals surface area contributed by atoms with E-state index in [-0.39, 0.29) is 11.1 Å². The van der Waals surface area contributed by atoms with Crippen molar-refractivity contribution in [1.82, 2.24) is 24.9 Å². The zero-order valence-corrected chi connectivity index (χ0v) is 42.0. The normalized spacial score (nSPS) is 33.9. The van der Waals surface area contributed by atoms with Crippen LogP contribution in [-0.4, -0.2) is 42.8 Å². The third-order valence-corrected chi connectivity index (χ3v) is 20.1. The summed E-state index contributed by atoms with van der Waals surface area (Å²) in [5.74, 6) is 7.66. The number of amides is 1. The first-order chi connectivity index (χ1) is 31.3. The van der Waals surface area contributed by atoms with E-state index in [2.05, 4.69) is 28.5 Å². The fraction of sp³-hybridized carbons (Fsp3) is 0.857. The van der Waals surface area contributed by atoms with Crippen LogP contribution in [0, 0.1) is 58.2 Å². The van der Waals surface area contributed by atoms with Crippen LogP contribution >= 0.6 is 11.6 Å². The Bertz CT molecular complexity index is 1940. The topological polar surface area (TPSA) is 108 Å². The number of carbonyl (C=O) groups excluding carboxylic acids is 2. The zero-order chi connectivity index (χ0) is 45.0. The SMILES string of the molecule is CC(C)(Cc1nn(C2CCCCC2)c2c1CCCC2)C(=O)Cl.CC(C)(Cc1nn(C2CCCCC2)c2c1CCCC2)C(=O)NC1C2CC3CC(C2)CC1C3.NC1C2CC3CC(C2)CC1C3. The first-order valence-corrected chi connectivity index (χ1v) is 28.1. The predicted molar refractivity (Wildman–Crippen MR) is 262 cm³/mol. The molecule has 12 aliphatic rings. The van der Waals surface area contributed by atoms with Gasteiger partial charge in [-0.3, -0.25) is 19.0 Å². The van der Waals surface area contributed by atoms with Crippen molar-refractivity contribution in [2.45, 2.75) is 244 Å². The molecule has 0 radical (unpaired) electrons. The van der Waals surface area contributed by atoms with Gasteiger partial charge in [-0.15, -0.1) is 0 Å². The van der Waals surface area contributed by atoms with Crippen molar-refractivity contribution in [2.24, 2.45) is 63.9 Å². The smallest absolute Gasteiger partial charge is 0.227 e. The maximum Gasteiger partial charge on any atom is 0.227 e. The average Bonchev–Trinajstić information content (AvgIpc) is 3.84. The van der Waals surface area contributed by atoms with E-state index in [1.165, 1.54) is 182 Å². The highest BCUT2D eigenvalue weighted by Crippen LogP contribution is 2.55. The molecule has 10 fully saturated rings. The van der Waals surface area contributed by atoms with Gasteiger partial charge in [-0.05, 0) is 211 Å². The summed E-state index contributed by atoms with van der Waals surface area (Å²) >= 11 is 5.78. The molecule has 9 heteroatoms. The molecule has 0 aromatic carbocycles. The van der Waals surface area contributed by atoms with Gasteiger partial charge in [0.1, 0.15) is 0 Å². The summed E-state index contributed by atoms with van der Waals surface area (Å²) in [6.45, 7) is 8.18. The van der Waals surface area contributed by atoms with Gasteiger partial charge in [0.15, 0.2) is 0 Å². The van der Waals surface area contributed by atoms with Gasteiger partial charge in [-0.25, -0.2) is 0 Å². The summed E-state index contributed by atoms with van der Waals surface area (Å²) in [5, 5.41) is 13.6. The van der Waals surface area contributed by atoms with Crippen LogP contribution in [0.15, 0.2) is 0 Å². The molecule has 0 saturated heterocycles. The Morgan fingerprint density at radius 3 is 1.35 bits per heavy atom. The van der Waals surface area contributed by atoms with E-state index < -0.39 is 10.8 Å². The molecule has 12 aliphatic carbocycles. The molecule has 2 heterocycles. The van der Waals surface area contributed by atoms with Crippen LogP contribution < -0.4 is 11.1 Å². The lowest BCUT2D eigenvalue weighted by Gasteiger charge is -2.54. The Kier molecular flexibility index (Phi) is 13.8. The lowest BCUT2D eigenvalue weighted by atomic mass is 9.54. The summed E-state index contributed by atoms with van der Waals surface area (Å²) in [7, 11) is 0. The number of fused-ring (bicyclic) bond motifs is 2. The molecule has 3 N–H and O–H groups in total. The number of nitrogens with two attached hydrogens (primary N) is 1. The molecule has 2 aromatic rings. The minimum Gasteiger partial charge on any atom is -0.352 e. The van der Waals surface area contributed by atoms with Gasteiger partial charge in [-0.2, -0.15) is 10.2 Å². The summed E-state index contributed by atoms with van der Waals surface area (Å²) in [6.07, 6.45) is 38.6. The minimum atomic E-state index is -0.529. The Morgan fingerprint density at radius 1 is 0.554 bits per heavy atom. The van der Waals surface area contributed by atoms with E-state index in [0.29, 0.717) is 30.6 Å². The number of nitrogens with one attached hydrogen (secondary N) is 1. The van der Waals surface area contributed by atoms with E-state index in [9.17, 15) is 9.59 Å². The molecule has 2 aromatic heterocycles. The van der Waals surface area contributed by atoms with E-state index in [0.717, 1.165) is 78.7 Å². The maximum atomic E-state index is 13.6. The first kappa shape index (κ1) is 46.5. The van der Waals surface area contributed by atoms with Gasteiger partial charge in [0.25, 0.3) is 0 Å². The number of halogens is 1. The van der Waals surface area contributed by atoms with Crippen LogP contribution in [0.3, 0.4) is 0 Å². The average molecular weight is 912 g/mol. The van der Waals surface area contributed by atoms with Crippen molar-refractivity contribution < 1.29 is 9.59 Å². The van der Waals surface area contributed by atoms with Crippen molar-refractivity contribution in [2.75, 3.05) is 0 Å². The number of carbonyl (C=O) groups is 2. The summed E-state index contributed by atoms with van der Waals surface area (Å²) < 4.78 is 4.76. The van der Waals surface area contributed by atoms with Gasteiger partial charge in [-0.1, -0.05) is 66.2 Å². The lowest BCUT2D eigenvalue weighted by molar-refractivity contribution is -0.133. The van der Waals surface area contributed by atoms with Crippen LogP contribution in [0.5, 0.6) is 0 Å². The molecule has 0 spiro atoms. The molecule has 360 valence electrons. The van der Waals surface area contributed by atoms with Gasteiger partial charge in [0.2, 0.25) is 11.1 Å². The molecular weight excluding hydrogens is 824 g/mol. The highest BCUT2D eigenvalue weighted by Gasteiger charge is 2.50. The van der Waals surface area contributed by atoms with Gasteiger partial charge < -0.3 is 11.1 Å². The van der Waals surface area contributed by atoms with E-state index in [1.54, 1.807) is 6.42 Å². The predicted octanol–water partition coefficient (Wildman–Crippen LogP) is 12.1. The standard InChI is InChI=1S/C28H43N3O.C18H27ClN2O.C10H17N/c1-28(2,27(32)29-26-20-13-18-12-19(15-20)16-21(26)14-18)17-24-23-10-6-7-11-25(23)31(30-24)22-8-4-3-5-9-22;1-18(2,17(19)22)12-15-14-10-6-7-11-16(14)21(20-15)13-8-4-3-5-9-13;11-10-8-2-6-1-7(4-8)5-9(10)3-6/h18-22,26H,3-17H2,1-2H3,(H,29,32);13H,3-12H2,1-2H3;6-10H,1-5,11H2.